The van der Waals surface area contributed by atoms with Gasteiger partial charge in [-0.05, 0) is 25.3 Å². The molecular weight excluding hydrogens is 262 g/mol. The molecule has 21 heavy (non-hydrogen) atoms. The zero-order valence-electron chi connectivity index (χ0n) is 12.4. The summed E-state index contributed by atoms with van der Waals surface area (Å²) in [5, 5.41) is 8.66. The Balaban J connectivity index is 1.44. The summed E-state index contributed by atoms with van der Waals surface area (Å²) < 4.78 is 2.02. The minimum absolute atomic E-state index is 0.250. The molecule has 2 aromatic rings. The lowest BCUT2D eigenvalue weighted by atomic mass is 9.89. The highest BCUT2D eigenvalue weighted by Gasteiger charge is 2.20. The molecule has 1 N–H and O–H groups in total. The number of hydrogen-bond donors (Lipinski definition) is 1. The molecule has 1 amide bonds. The second kappa shape index (κ2) is 6.74. The fourth-order valence-electron chi connectivity index (χ4n) is 3.15. The third kappa shape index (κ3) is 3.43. The van der Waals surface area contributed by atoms with Crippen LogP contribution in [0.2, 0.25) is 0 Å². The molecule has 1 saturated carbocycles. The molecule has 1 heterocycles. The Kier molecular flexibility index (Phi) is 4.53. The van der Waals surface area contributed by atoms with E-state index < -0.39 is 0 Å². The molecule has 0 aliphatic heterocycles. The number of nitrogens with one attached hydrogen (secondary N) is 1. The molecular formula is C17H23N3O. The molecule has 0 saturated heterocycles. The van der Waals surface area contributed by atoms with Crippen molar-refractivity contribution in [1.29, 1.82) is 0 Å². The predicted octanol–water partition coefficient (Wildman–Crippen LogP) is 3.12. The average molecular weight is 285 g/mol. The molecule has 1 fully saturated rings. The monoisotopic (exact) mass is 285 g/mol. The number of hydrogen-bond acceptors (Lipinski definition) is 2. The van der Waals surface area contributed by atoms with E-state index in [1.54, 1.807) is 0 Å². The second-order valence-electron chi connectivity index (χ2n) is 5.91. The second-order valence-corrected chi connectivity index (χ2v) is 5.91. The van der Waals surface area contributed by atoms with Crippen molar-refractivity contribution in [3.63, 3.8) is 0 Å². The van der Waals surface area contributed by atoms with Gasteiger partial charge in [0, 0.05) is 24.4 Å². The van der Waals surface area contributed by atoms with Gasteiger partial charge in [-0.3, -0.25) is 9.48 Å². The summed E-state index contributed by atoms with van der Waals surface area (Å²) in [6, 6.07) is 8.22. The van der Waals surface area contributed by atoms with E-state index in [1.165, 1.54) is 24.6 Å². The van der Waals surface area contributed by atoms with Crippen molar-refractivity contribution in [3.05, 3.63) is 30.5 Å². The van der Waals surface area contributed by atoms with E-state index in [0.717, 1.165) is 37.9 Å². The van der Waals surface area contributed by atoms with Crippen LogP contribution in [0.4, 0.5) is 0 Å². The maximum atomic E-state index is 12.0. The number of fused-ring (bicyclic) bond motifs is 1. The summed E-state index contributed by atoms with van der Waals surface area (Å²) >= 11 is 0. The van der Waals surface area contributed by atoms with Crippen LogP contribution in [-0.2, 0) is 11.3 Å². The van der Waals surface area contributed by atoms with Crippen LogP contribution in [0.25, 0.3) is 10.9 Å². The molecule has 0 spiro atoms. The van der Waals surface area contributed by atoms with Crippen LogP contribution >= 0.6 is 0 Å². The molecule has 0 radical (unpaired) electrons. The fraction of sp³-hybridized carbons (Fsp3) is 0.529. The molecule has 0 bridgehead atoms. The van der Waals surface area contributed by atoms with Gasteiger partial charge in [-0.1, -0.05) is 37.5 Å². The largest absolute Gasteiger partial charge is 0.356 e. The molecule has 1 aromatic carbocycles. The third-order valence-corrected chi connectivity index (χ3v) is 4.37. The van der Waals surface area contributed by atoms with E-state index in [2.05, 4.69) is 22.5 Å². The Hall–Kier alpha value is -1.84. The van der Waals surface area contributed by atoms with E-state index in [-0.39, 0.29) is 11.8 Å². The van der Waals surface area contributed by atoms with Crippen molar-refractivity contribution in [1.82, 2.24) is 15.1 Å². The van der Waals surface area contributed by atoms with Crippen molar-refractivity contribution in [3.8, 4) is 0 Å². The molecule has 4 heteroatoms. The third-order valence-electron chi connectivity index (χ3n) is 4.37. The Morgan fingerprint density at radius 1 is 1.24 bits per heavy atom. The molecule has 4 nitrogen and oxygen atoms in total. The van der Waals surface area contributed by atoms with Gasteiger partial charge in [-0.15, -0.1) is 0 Å². The van der Waals surface area contributed by atoms with Crippen LogP contribution < -0.4 is 5.32 Å². The van der Waals surface area contributed by atoms with Gasteiger partial charge >= 0.3 is 0 Å². The Morgan fingerprint density at radius 3 is 2.90 bits per heavy atom. The number of carbonyl (C=O) groups excluding carboxylic acids is 1. The van der Waals surface area contributed by atoms with Crippen molar-refractivity contribution >= 4 is 16.8 Å². The lowest BCUT2D eigenvalue weighted by molar-refractivity contribution is -0.125. The van der Waals surface area contributed by atoms with Crippen molar-refractivity contribution in [2.24, 2.45) is 5.92 Å². The van der Waals surface area contributed by atoms with Crippen LogP contribution in [0.15, 0.2) is 30.5 Å². The molecule has 0 atom stereocenters. The molecule has 1 aliphatic carbocycles. The van der Waals surface area contributed by atoms with Gasteiger partial charge in [-0.25, -0.2) is 0 Å². The first kappa shape index (κ1) is 14.1. The number of aromatic nitrogens is 2. The van der Waals surface area contributed by atoms with E-state index in [9.17, 15) is 4.79 Å². The van der Waals surface area contributed by atoms with E-state index in [4.69, 9.17) is 0 Å². The summed E-state index contributed by atoms with van der Waals surface area (Å²) in [5.41, 5.74) is 1.16. The zero-order valence-corrected chi connectivity index (χ0v) is 12.4. The zero-order chi connectivity index (χ0) is 14.5. The normalized spacial score (nSPS) is 16.2. The SMILES string of the molecule is O=C(NCCCn1ncc2ccccc21)C1CCCCC1. The summed E-state index contributed by atoms with van der Waals surface area (Å²) in [7, 11) is 0. The Labute approximate surface area is 125 Å². The standard InChI is InChI=1S/C17H23N3O/c21-17(14-7-2-1-3-8-14)18-11-6-12-20-16-10-5-4-9-15(16)13-19-20/h4-5,9-10,13-14H,1-3,6-8,11-12H2,(H,18,21). The number of benzene rings is 1. The Bertz CT molecular complexity index is 599. The lowest BCUT2D eigenvalue weighted by Gasteiger charge is -2.20. The first-order chi connectivity index (χ1) is 10.3. The smallest absolute Gasteiger partial charge is 0.223 e. The van der Waals surface area contributed by atoms with E-state index in [0.29, 0.717) is 0 Å². The average Bonchev–Trinajstić information content (AvgIpc) is 2.95. The number of nitrogens with zero attached hydrogens (tertiary/aromatic N) is 2. The highest BCUT2D eigenvalue weighted by atomic mass is 16.1. The number of amides is 1. The maximum absolute atomic E-state index is 12.0. The predicted molar refractivity (Wildman–Crippen MR) is 83.9 cm³/mol. The van der Waals surface area contributed by atoms with Crippen LogP contribution in [0, 0.1) is 5.92 Å². The summed E-state index contributed by atoms with van der Waals surface area (Å²) in [6.07, 6.45) is 8.65. The topological polar surface area (TPSA) is 46.9 Å². The van der Waals surface area contributed by atoms with Gasteiger partial charge < -0.3 is 5.32 Å². The van der Waals surface area contributed by atoms with Crippen molar-refractivity contribution in [2.75, 3.05) is 6.54 Å². The van der Waals surface area contributed by atoms with Gasteiger partial charge in [0.15, 0.2) is 0 Å². The number of aryl methyl sites for hydroxylation is 1. The van der Waals surface area contributed by atoms with Crippen molar-refractivity contribution < 1.29 is 4.79 Å². The minimum atomic E-state index is 0.250. The van der Waals surface area contributed by atoms with Gasteiger partial charge in [0.25, 0.3) is 0 Å². The molecule has 3 rings (SSSR count). The van der Waals surface area contributed by atoms with Crippen LogP contribution in [0.5, 0.6) is 0 Å². The van der Waals surface area contributed by atoms with Gasteiger partial charge in [-0.2, -0.15) is 5.10 Å². The first-order valence-electron chi connectivity index (χ1n) is 8.03. The highest BCUT2D eigenvalue weighted by molar-refractivity contribution is 5.79. The van der Waals surface area contributed by atoms with Crippen molar-refractivity contribution in [2.45, 2.75) is 45.1 Å². The van der Waals surface area contributed by atoms with Gasteiger partial charge in [0.05, 0.1) is 11.7 Å². The Morgan fingerprint density at radius 2 is 2.05 bits per heavy atom. The van der Waals surface area contributed by atoms with E-state index in [1.807, 2.05) is 23.0 Å². The first-order valence-corrected chi connectivity index (χ1v) is 8.03. The van der Waals surface area contributed by atoms with Crippen LogP contribution in [0.1, 0.15) is 38.5 Å². The number of para-hydroxylation sites is 1. The highest BCUT2D eigenvalue weighted by Crippen LogP contribution is 2.23. The molecule has 1 aromatic heterocycles. The quantitative estimate of drug-likeness (QED) is 0.858. The van der Waals surface area contributed by atoms with Gasteiger partial charge in [0.1, 0.15) is 0 Å². The molecule has 112 valence electrons. The lowest BCUT2D eigenvalue weighted by Crippen LogP contribution is -2.32. The van der Waals surface area contributed by atoms with Crippen LogP contribution in [-0.4, -0.2) is 22.2 Å². The number of carbonyl (C=O) groups is 1. The number of rotatable bonds is 5. The van der Waals surface area contributed by atoms with Crippen LogP contribution in [0.3, 0.4) is 0 Å². The molecule has 0 unspecified atom stereocenters. The summed E-state index contributed by atoms with van der Waals surface area (Å²) in [5.74, 6) is 0.504. The van der Waals surface area contributed by atoms with E-state index >= 15 is 0 Å². The summed E-state index contributed by atoms with van der Waals surface area (Å²) in [4.78, 5) is 12.0. The maximum Gasteiger partial charge on any atom is 0.223 e. The fourth-order valence-corrected chi connectivity index (χ4v) is 3.15. The molecule has 1 aliphatic rings. The summed E-state index contributed by atoms with van der Waals surface area (Å²) in [6.45, 7) is 1.59. The van der Waals surface area contributed by atoms with Gasteiger partial charge in [0.2, 0.25) is 5.91 Å². The minimum Gasteiger partial charge on any atom is -0.356 e.